The molecule has 1 atom stereocenters. The Kier molecular flexibility index (Phi) is 6.23. The molecule has 0 saturated carbocycles. The molecule has 2 N–H and O–H groups in total. The second-order valence-electron chi connectivity index (χ2n) is 5.77. The van der Waals surface area contributed by atoms with Gasteiger partial charge in [0.1, 0.15) is 5.75 Å². The van der Waals surface area contributed by atoms with Gasteiger partial charge in [0.2, 0.25) is 0 Å². The molecule has 1 aliphatic heterocycles. The molecule has 0 aliphatic carbocycles. The Morgan fingerprint density at radius 1 is 1.38 bits per heavy atom. The number of hydrogen-bond donors (Lipinski definition) is 2. The summed E-state index contributed by atoms with van der Waals surface area (Å²) in [5, 5.41) is 10.3. The minimum atomic E-state index is 0. The van der Waals surface area contributed by atoms with Crippen LogP contribution in [0.15, 0.2) is 30.5 Å². The molecule has 1 unspecified atom stereocenters. The second kappa shape index (κ2) is 8.17. The van der Waals surface area contributed by atoms with Gasteiger partial charge in [-0.2, -0.15) is 5.10 Å². The summed E-state index contributed by atoms with van der Waals surface area (Å²) in [5.41, 5.74) is 2.30. The van der Waals surface area contributed by atoms with Gasteiger partial charge in [0.25, 0.3) is 5.91 Å². The monoisotopic (exact) mass is 350 g/mol. The lowest BCUT2D eigenvalue weighted by molar-refractivity contribution is 0.0699. The summed E-state index contributed by atoms with van der Waals surface area (Å²) >= 11 is 0. The summed E-state index contributed by atoms with van der Waals surface area (Å²) in [7, 11) is 3.58. The van der Waals surface area contributed by atoms with E-state index in [2.05, 4.69) is 15.5 Å². The highest BCUT2D eigenvalue weighted by Gasteiger charge is 2.26. The van der Waals surface area contributed by atoms with E-state index in [4.69, 9.17) is 4.74 Å². The van der Waals surface area contributed by atoms with Crippen molar-refractivity contribution in [3.63, 3.8) is 0 Å². The lowest BCUT2D eigenvalue weighted by atomic mass is 10.0. The molecule has 1 aromatic carbocycles. The third kappa shape index (κ3) is 3.71. The number of aromatic nitrogens is 2. The maximum atomic E-state index is 12.9. The number of likely N-dealkylation sites (tertiary alicyclic amines) is 1. The van der Waals surface area contributed by atoms with Gasteiger partial charge in [0, 0.05) is 24.7 Å². The lowest BCUT2D eigenvalue weighted by Gasteiger charge is -2.32. The Morgan fingerprint density at radius 2 is 2.12 bits per heavy atom. The van der Waals surface area contributed by atoms with E-state index in [0.717, 1.165) is 42.9 Å². The number of hydrogen-bond acceptors (Lipinski definition) is 4. The number of H-pyrrole nitrogens is 1. The molecule has 1 aromatic heterocycles. The van der Waals surface area contributed by atoms with Crippen molar-refractivity contribution in [1.82, 2.24) is 20.4 Å². The summed E-state index contributed by atoms with van der Waals surface area (Å²) in [5.74, 6) is 0.818. The molecule has 2 aromatic rings. The number of nitrogens with one attached hydrogen (secondary N) is 2. The van der Waals surface area contributed by atoms with E-state index in [-0.39, 0.29) is 18.3 Å². The van der Waals surface area contributed by atoms with Crippen LogP contribution in [0.1, 0.15) is 23.2 Å². The van der Waals surface area contributed by atoms with Gasteiger partial charge in [0.05, 0.1) is 24.6 Å². The SMILES string of the molecule is CNC1CCCN(C(=O)c2cn[nH]c2-c2ccc(OC)cc2)C1.Cl. The van der Waals surface area contributed by atoms with Crippen molar-refractivity contribution in [2.75, 3.05) is 27.2 Å². The lowest BCUT2D eigenvalue weighted by Crippen LogP contribution is -2.47. The molecule has 1 fully saturated rings. The number of ether oxygens (including phenoxy) is 1. The molecule has 1 amide bonds. The highest BCUT2D eigenvalue weighted by molar-refractivity contribution is 5.99. The summed E-state index contributed by atoms with van der Waals surface area (Å²) in [6.07, 6.45) is 3.74. The zero-order valence-electron chi connectivity index (χ0n) is 13.9. The van der Waals surface area contributed by atoms with E-state index >= 15 is 0 Å². The number of piperidine rings is 1. The van der Waals surface area contributed by atoms with E-state index in [1.807, 2.05) is 36.2 Å². The molecule has 6 nitrogen and oxygen atoms in total. The Morgan fingerprint density at radius 3 is 2.79 bits per heavy atom. The zero-order chi connectivity index (χ0) is 16.2. The molecule has 130 valence electrons. The largest absolute Gasteiger partial charge is 0.497 e. The van der Waals surface area contributed by atoms with Crippen LogP contribution in [-0.2, 0) is 0 Å². The number of carbonyl (C=O) groups excluding carboxylic acids is 1. The minimum Gasteiger partial charge on any atom is -0.497 e. The van der Waals surface area contributed by atoms with E-state index in [1.54, 1.807) is 13.3 Å². The van der Waals surface area contributed by atoms with Gasteiger partial charge in [-0.3, -0.25) is 9.89 Å². The number of nitrogens with zero attached hydrogens (tertiary/aromatic N) is 2. The third-order valence-corrected chi connectivity index (χ3v) is 4.37. The first-order valence-corrected chi connectivity index (χ1v) is 7.87. The number of benzene rings is 1. The van der Waals surface area contributed by atoms with Crippen molar-refractivity contribution in [2.45, 2.75) is 18.9 Å². The maximum absolute atomic E-state index is 12.9. The normalized spacial score (nSPS) is 17.2. The molecular formula is C17H23ClN4O2. The highest BCUT2D eigenvalue weighted by Crippen LogP contribution is 2.25. The van der Waals surface area contributed by atoms with Crippen molar-refractivity contribution < 1.29 is 9.53 Å². The van der Waals surface area contributed by atoms with Gasteiger partial charge in [-0.05, 0) is 44.2 Å². The van der Waals surface area contributed by atoms with Crippen molar-refractivity contribution in [2.24, 2.45) is 0 Å². The predicted octanol–water partition coefficient (Wildman–Crippen LogP) is 2.33. The van der Waals surface area contributed by atoms with Gasteiger partial charge < -0.3 is 15.0 Å². The standard InChI is InChI=1S/C17H22N4O2.ClH/c1-18-13-4-3-9-21(11-13)17(22)15-10-19-20-16(15)12-5-7-14(23-2)8-6-12;/h5-8,10,13,18H,3-4,9,11H2,1-2H3,(H,19,20);1H. The summed E-state index contributed by atoms with van der Waals surface area (Å²) in [6, 6.07) is 7.97. The van der Waals surface area contributed by atoms with E-state index in [0.29, 0.717) is 11.6 Å². The number of rotatable bonds is 4. The van der Waals surface area contributed by atoms with Crippen molar-refractivity contribution in [3.8, 4) is 17.0 Å². The fraction of sp³-hybridized carbons (Fsp3) is 0.412. The molecule has 24 heavy (non-hydrogen) atoms. The third-order valence-electron chi connectivity index (χ3n) is 4.37. The average Bonchev–Trinajstić information content (AvgIpc) is 3.11. The van der Waals surface area contributed by atoms with Gasteiger partial charge in [0.15, 0.2) is 0 Å². The van der Waals surface area contributed by atoms with Crippen LogP contribution in [0.3, 0.4) is 0 Å². The number of likely N-dealkylation sites (N-methyl/N-ethyl adjacent to an activating group) is 1. The molecule has 1 aliphatic rings. The first kappa shape index (κ1) is 18.3. The number of methoxy groups -OCH3 is 1. The molecule has 0 radical (unpaired) electrons. The molecule has 0 bridgehead atoms. The average molecular weight is 351 g/mol. The van der Waals surface area contributed by atoms with Crippen LogP contribution in [0.25, 0.3) is 11.3 Å². The number of halogens is 1. The van der Waals surface area contributed by atoms with Crippen LogP contribution in [0.4, 0.5) is 0 Å². The Balaban J connectivity index is 0.00000208. The number of aromatic amines is 1. The first-order chi connectivity index (χ1) is 11.2. The molecule has 3 rings (SSSR count). The Hall–Kier alpha value is -2.05. The predicted molar refractivity (Wildman–Crippen MR) is 95.8 cm³/mol. The Bertz CT molecular complexity index is 671. The topological polar surface area (TPSA) is 70.2 Å². The van der Waals surface area contributed by atoms with Gasteiger partial charge in [-0.15, -0.1) is 12.4 Å². The summed E-state index contributed by atoms with van der Waals surface area (Å²) < 4.78 is 5.18. The van der Waals surface area contributed by atoms with Crippen LogP contribution in [0, 0.1) is 0 Å². The molecule has 0 spiro atoms. The quantitative estimate of drug-likeness (QED) is 0.888. The van der Waals surface area contributed by atoms with Crippen molar-refractivity contribution in [3.05, 3.63) is 36.0 Å². The fourth-order valence-electron chi connectivity index (χ4n) is 2.99. The smallest absolute Gasteiger partial charge is 0.257 e. The highest BCUT2D eigenvalue weighted by atomic mass is 35.5. The van der Waals surface area contributed by atoms with Gasteiger partial charge in [-0.1, -0.05) is 0 Å². The van der Waals surface area contributed by atoms with E-state index in [9.17, 15) is 4.79 Å². The Labute approximate surface area is 148 Å². The molecule has 2 heterocycles. The number of carbonyl (C=O) groups is 1. The molecule has 7 heteroatoms. The van der Waals surface area contributed by atoms with Crippen LogP contribution in [-0.4, -0.2) is 54.3 Å². The van der Waals surface area contributed by atoms with E-state index in [1.165, 1.54) is 0 Å². The molecule has 1 saturated heterocycles. The first-order valence-electron chi connectivity index (χ1n) is 7.87. The van der Waals surface area contributed by atoms with E-state index < -0.39 is 0 Å². The minimum absolute atomic E-state index is 0. The second-order valence-corrected chi connectivity index (χ2v) is 5.77. The van der Waals surface area contributed by atoms with Gasteiger partial charge >= 0.3 is 0 Å². The van der Waals surface area contributed by atoms with Crippen LogP contribution in [0.2, 0.25) is 0 Å². The van der Waals surface area contributed by atoms with Crippen LogP contribution < -0.4 is 10.1 Å². The summed E-state index contributed by atoms with van der Waals surface area (Å²) in [6.45, 7) is 1.53. The number of amides is 1. The van der Waals surface area contributed by atoms with Crippen LogP contribution in [0.5, 0.6) is 5.75 Å². The van der Waals surface area contributed by atoms with Gasteiger partial charge in [-0.25, -0.2) is 0 Å². The van der Waals surface area contributed by atoms with Crippen molar-refractivity contribution in [1.29, 1.82) is 0 Å². The zero-order valence-corrected chi connectivity index (χ0v) is 14.7. The van der Waals surface area contributed by atoms with Crippen molar-refractivity contribution >= 4 is 18.3 Å². The fourth-order valence-corrected chi connectivity index (χ4v) is 2.99. The maximum Gasteiger partial charge on any atom is 0.257 e. The van der Waals surface area contributed by atoms with Crippen LogP contribution >= 0.6 is 12.4 Å². The molecular weight excluding hydrogens is 328 g/mol. The summed E-state index contributed by atoms with van der Waals surface area (Å²) in [4.78, 5) is 14.8.